The maximum absolute atomic E-state index is 12.4. The number of allylic oxidation sites excluding steroid dienone is 4. The summed E-state index contributed by atoms with van der Waals surface area (Å²) in [5.74, 6) is -3.53. The van der Waals surface area contributed by atoms with Crippen LogP contribution in [0.25, 0.3) is 0 Å². The zero-order valence-electron chi connectivity index (χ0n) is 38.2. The van der Waals surface area contributed by atoms with Crippen molar-refractivity contribution >= 4 is 70.7 Å². The standard InChI is InChI=1S/C15H21N3O3.C15H21N3O2S.4C2H4O2.2Ni.4H2O/c2*1-10(19)18-14(20)11(13(16-18)15(2,3)4)6-7-12-17(5)8-9-21-12;4*1-2(3)4;;;;;;/h2*6-7H,8-9H2,1-5H3;4*1H3,(H,3,4);;;4*1H2/q;;;;;;;+2;;;;/p-2/b2*11-6+,12-7+;;;;;;;;;;. The number of carbonyl (C=O) groups is 8. The average molecular weight is 1030 g/mol. The number of rotatable bonds is 2. The summed E-state index contributed by atoms with van der Waals surface area (Å²) in [5.41, 5.74) is 1.59. The van der Waals surface area contributed by atoms with Crippen LogP contribution >= 0.6 is 11.8 Å². The number of hydrogen-bond acceptors (Lipinski definition) is 16. The van der Waals surface area contributed by atoms with E-state index in [-0.39, 0.29) is 89.3 Å². The first-order valence-electron chi connectivity index (χ1n) is 17.5. The third-order valence-electron chi connectivity index (χ3n) is 6.66. The fraction of sp³-hybridized carbons (Fsp3) is 0.526. The number of ether oxygens (including phenoxy) is 1. The Morgan fingerprint density at radius 1 is 0.641 bits per heavy atom. The predicted octanol–water partition coefficient (Wildman–Crippen LogP) is -1.88. The minimum Gasteiger partial charge on any atom is -0.550 e. The quantitative estimate of drug-likeness (QED) is 0.226. The molecule has 4 heterocycles. The maximum atomic E-state index is 12.4. The summed E-state index contributed by atoms with van der Waals surface area (Å²) >= 11 is 1.76. The fourth-order valence-corrected chi connectivity index (χ4v) is 5.39. The first kappa shape index (κ1) is 76.3. The number of imide groups is 2. The molecular formula is C38H64N6Ni2O17S. The Hall–Kier alpha value is -4.96. The Balaban J connectivity index is -0.000000114. The molecule has 4 aliphatic heterocycles. The Labute approximate surface area is 397 Å². The zero-order chi connectivity index (χ0) is 45.9. The third-order valence-corrected chi connectivity index (χ3v) is 7.79. The number of amides is 4. The third kappa shape index (κ3) is 30.2. The topological polar surface area (TPSA) is 396 Å². The van der Waals surface area contributed by atoms with E-state index in [0.29, 0.717) is 35.1 Å². The van der Waals surface area contributed by atoms with E-state index in [1.54, 1.807) is 30.0 Å². The average Bonchev–Trinajstić information content (AvgIpc) is 3.79. The number of carboxylic acid groups (broad SMARTS) is 4. The van der Waals surface area contributed by atoms with E-state index in [0.717, 1.165) is 61.6 Å². The number of thioether (sulfide) groups is 1. The molecule has 0 spiro atoms. The summed E-state index contributed by atoms with van der Waals surface area (Å²) in [6.07, 6.45) is 7.17. The molecule has 0 atom stereocenters. The summed E-state index contributed by atoms with van der Waals surface area (Å²) in [6.45, 7) is 21.1. The minimum atomic E-state index is -1.08. The molecule has 4 aliphatic rings. The van der Waals surface area contributed by atoms with E-state index >= 15 is 0 Å². The molecule has 2 saturated heterocycles. The molecule has 0 saturated carbocycles. The largest absolute Gasteiger partial charge is 2.00 e. The molecule has 0 aromatic carbocycles. The van der Waals surface area contributed by atoms with E-state index in [1.807, 2.05) is 66.6 Å². The number of carboxylic acids is 4. The molecule has 0 aliphatic carbocycles. The molecule has 4 amide bonds. The first-order chi connectivity index (χ1) is 26.4. The first-order valence-corrected chi connectivity index (χ1v) is 18.5. The van der Waals surface area contributed by atoms with Crippen molar-refractivity contribution in [3.05, 3.63) is 46.4 Å². The maximum Gasteiger partial charge on any atom is 2.00 e. The van der Waals surface area contributed by atoms with Gasteiger partial charge >= 0.3 is 16.5 Å². The van der Waals surface area contributed by atoms with Gasteiger partial charge in [-0.25, -0.2) is 0 Å². The molecule has 4 rings (SSSR count). The number of aliphatic carboxylic acids is 4. The predicted molar refractivity (Wildman–Crippen MR) is 227 cm³/mol. The van der Waals surface area contributed by atoms with E-state index in [9.17, 15) is 19.2 Å². The molecule has 0 unspecified atom stereocenters. The molecule has 0 bridgehead atoms. The Bertz CT molecular complexity index is 1600. The summed E-state index contributed by atoms with van der Waals surface area (Å²) < 4.78 is 5.47. The molecule has 0 aromatic heterocycles. The number of nitrogens with zero attached hydrogens (tertiary/aromatic N) is 6. The minimum absolute atomic E-state index is 0. The molecule has 374 valence electrons. The van der Waals surface area contributed by atoms with Gasteiger partial charge in [-0.3, -0.25) is 28.8 Å². The number of hydrazone groups is 2. The molecule has 64 heavy (non-hydrogen) atoms. The van der Waals surface area contributed by atoms with Crippen molar-refractivity contribution < 1.29 is 118 Å². The summed E-state index contributed by atoms with van der Waals surface area (Å²) in [7, 11) is 3.95. The van der Waals surface area contributed by atoms with E-state index in [4.69, 9.17) is 44.3 Å². The second kappa shape index (κ2) is 35.4. The van der Waals surface area contributed by atoms with Gasteiger partial charge in [0.05, 0.1) is 34.1 Å². The molecular weight excluding hydrogens is 962 g/mol. The fourth-order valence-electron chi connectivity index (χ4n) is 4.34. The van der Waals surface area contributed by atoms with Crippen LogP contribution in [0.2, 0.25) is 0 Å². The molecule has 0 radical (unpaired) electrons. The van der Waals surface area contributed by atoms with Crippen LogP contribution in [0.1, 0.15) is 83.1 Å². The zero-order valence-corrected chi connectivity index (χ0v) is 41.0. The van der Waals surface area contributed by atoms with Crippen LogP contribution in [0.5, 0.6) is 0 Å². The van der Waals surface area contributed by atoms with Crippen molar-refractivity contribution in [1.82, 2.24) is 19.8 Å². The SMILES string of the molecule is CC(=O)N1N=C(C(C)(C)C)/C(=C\C=C2\OCCN2C)C1=O.CC(=O)N1N=C(C(C)(C)C)/C(=C\C=C2\SCCN2C)C1=O.CC(=O)O.CC(=O)O.CC(=O)[O-].CC(=O)[O-].O.O.O.O.[Ni+2].[Ni]. The van der Waals surface area contributed by atoms with Crippen molar-refractivity contribution in [3.63, 3.8) is 0 Å². The van der Waals surface area contributed by atoms with Gasteiger partial charge in [-0.05, 0) is 38.2 Å². The summed E-state index contributed by atoms with van der Waals surface area (Å²) in [4.78, 5) is 87.6. The number of likely N-dealkylation sites (N-methyl/N-ethyl adjacent to an activating group) is 1. The van der Waals surface area contributed by atoms with E-state index < -0.39 is 23.9 Å². The van der Waals surface area contributed by atoms with Crippen LogP contribution in [0.15, 0.2) is 56.6 Å². The van der Waals surface area contributed by atoms with Gasteiger partial charge in [-0.1, -0.05) is 41.5 Å². The summed E-state index contributed by atoms with van der Waals surface area (Å²) in [5, 5.41) is 44.0. The van der Waals surface area contributed by atoms with Crippen LogP contribution < -0.4 is 10.2 Å². The Morgan fingerprint density at radius 2 is 0.953 bits per heavy atom. The monoisotopic (exact) mass is 1020 g/mol. The molecule has 2 fully saturated rings. The van der Waals surface area contributed by atoms with Crippen molar-refractivity contribution in [3.8, 4) is 0 Å². The van der Waals surface area contributed by atoms with Gasteiger partial charge in [-0.15, -0.1) is 11.8 Å². The van der Waals surface area contributed by atoms with Gasteiger partial charge in [0.1, 0.15) is 6.61 Å². The van der Waals surface area contributed by atoms with Crippen LogP contribution in [0, 0.1) is 10.8 Å². The van der Waals surface area contributed by atoms with Crippen LogP contribution in [0.4, 0.5) is 0 Å². The summed E-state index contributed by atoms with van der Waals surface area (Å²) in [6, 6.07) is 0. The van der Waals surface area contributed by atoms with Gasteiger partial charge in [0.2, 0.25) is 11.8 Å². The number of carbonyl (C=O) groups excluding carboxylic acids is 6. The van der Waals surface area contributed by atoms with E-state index in [1.165, 1.54) is 13.8 Å². The number of hydrogen-bond donors (Lipinski definition) is 2. The second-order valence-corrected chi connectivity index (χ2v) is 15.5. The molecule has 10 N–H and O–H groups in total. The smallest absolute Gasteiger partial charge is 0.550 e. The van der Waals surface area contributed by atoms with E-state index in [2.05, 4.69) is 15.1 Å². The van der Waals surface area contributed by atoms with Crippen molar-refractivity contribution in [2.75, 3.05) is 39.5 Å². The molecule has 23 nitrogen and oxygen atoms in total. The van der Waals surface area contributed by atoms with Gasteiger partial charge in [0.25, 0.3) is 23.8 Å². The van der Waals surface area contributed by atoms with Gasteiger partial charge < -0.3 is 66.5 Å². The molecule has 26 heteroatoms. The van der Waals surface area contributed by atoms with Crippen molar-refractivity contribution in [2.24, 2.45) is 21.0 Å². The van der Waals surface area contributed by atoms with Crippen LogP contribution in [-0.2, 0) is 76.1 Å². The van der Waals surface area contributed by atoms with Crippen LogP contribution in [-0.4, -0.2) is 150 Å². The van der Waals surface area contributed by atoms with Crippen LogP contribution in [0.3, 0.4) is 0 Å². The Kier molecular flexibility index (Phi) is 42.2. The second-order valence-electron chi connectivity index (χ2n) is 14.4. The van der Waals surface area contributed by atoms with Gasteiger partial charge in [-0.2, -0.15) is 20.2 Å². The van der Waals surface area contributed by atoms with Gasteiger partial charge in [0.15, 0.2) is 5.88 Å². The van der Waals surface area contributed by atoms with Crippen molar-refractivity contribution in [2.45, 2.75) is 83.1 Å². The van der Waals surface area contributed by atoms with Gasteiger partial charge in [0, 0.05) is 93.3 Å². The molecule has 0 aromatic rings. The van der Waals surface area contributed by atoms with Crippen molar-refractivity contribution in [1.29, 1.82) is 0 Å². The Morgan fingerprint density at radius 3 is 1.19 bits per heavy atom. The normalized spacial score (nSPS) is 16.8.